The molecule has 2 saturated carbocycles. The predicted octanol–water partition coefficient (Wildman–Crippen LogP) is 2.29. The number of ether oxygens (including phenoxy) is 1. The molecule has 2 nitrogen and oxygen atoms in total. The number of hydrogen-bond donors (Lipinski definition) is 0. The second-order valence-corrected chi connectivity index (χ2v) is 4.83. The van der Waals surface area contributed by atoms with Crippen LogP contribution in [0.3, 0.4) is 0 Å². The van der Waals surface area contributed by atoms with E-state index in [2.05, 4.69) is 13.0 Å². The molecule has 14 heavy (non-hydrogen) atoms. The summed E-state index contributed by atoms with van der Waals surface area (Å²) in [7, 11) is 0. The smallest absolute Gasteiger partial charge is 0.306 e. The lowest BCUT2D eigenvalue weighted by Crippen LogP contribution is -2.37. The third-order valence-corrected chi connectivity index (χ3v) is 4.25. The van der Waals surface area contributed by atoms with Crippen molar-refractivity contribution in [2.75, 3.05) is 0 Å². The molecule has 0 aromatic rings. The Kier molecular flexibility index (Phi) is 1.73. The third-order valence-electron chi connectivity index (χ3n) is 4.25. The second-order valence-electron chi connectivity index (χ2n) is 4.83. The predicted molar refractivity (Wildman–Crippen MR) is 52.6 cm³/mol. The van der Waals surface area contributed by atoms with Crippen LogP contribution >= 0.6 is 0 Å². The van der Waals surface area contributed by atoms with Gasteiger partial charge in [0.15, 0.2) is 0 Å². The van der Waals surface area contributed by atoms with Crippen molar-refractivity contribution < 1.29 is 9.53 Å². The standard InChI is InChI=1S/C12H16O2/c1-2-7-5-8-6-10(7)9-3-4-11(13)14-12(8)9/h2,8-10,12H,3-6H2,1H3/b7-2-. The van der Waals surface area contributed by atoms with Crippen LogP contribution in [0.4, 0.5) is 0 Å². The van der Waals surface area contributed by atoms with E-state index < -0.39 is 0 Å². The Morgan fingerprint density at radius 3 is 3.14 bits per heavy atom. The lowest BCUT2D eigenvalue weighted by Gasteiger charge is -2.35. The van der Waals surface area contributed by atoms with Gasteiger partial charge in [0.1, 0.15) is 6.10 Å². The van der Waals surface area contributed by atoms with E-state index in [1.54, 1.807) is 5.57 Å². The zero-order chi connectivity index (χ0) is 9.71. The normalized spacial score (nSPS) is 48.1. The van der Waals surface area contributed by atoms with Gasteiger partial charge in [-0.05, 0) is 32.1 Å². The minimum atomic E-state index is 0.0285. The average Bonchev–Trinajstić information content (AvgIpc) is 2.74. The van der Waals surface area contributed by atoms with Crippen LogP contribution in [0.2, 0.25) is 0 Å². The monoisotopic (exact) mass is 192 g/mol. The van der Waals surface area contributed by atoms with E-state index in [1.165, 1.54) is 12.8 Å². The molecule has 3 aliphatic rings. The third kappa shape index (κ3) is 0.999. The minimum Gasteiger partial charge on any atom is -0.462 e. The molecule has 0 aromatic heterocycles. The quantitative estimate of drug-likeness (QED) is 0.435. The molecule has 0 aromatic carbocycles. The summed E-state index contributed by atoms with van der Waals surface area (Å²) in [5.41, 5.74) is 1.62. The topological polar surface area (TPSA) is 26.3 Å². The number of carbonyl (C=O) groups is 1. The zero-order valence-electron chi connectivity index (χ0n) is 8.53. The van der Waals surface area contributed by atoms with Crippen LogP contribution in [0.1, 0.15) is 32.6 Å². The molecule has 1 aliphatic heterocycles. The van der Waals surface area contributed by atoms with Crippen LogP contribution in [0.5, 0.6) is 0 Å². The summed E-state index contributed by atoms with van der Waals surface area (Å²) in [5.74, 6) is 2.06. The summed E-state index contributed by atoms with van der Waals surface area (Å²) >= 11 is 0. The molecule has 1 saturated heterocycles. The van der Waals surface area contributed by atoms with Crippen LogP contribution in [0.25, 0.3) is 0 Å². The van der Waals surface area contributed by atoms with E-state index in [4.69, 9.17) is 4.74 Å². The van der Waals surface area contributed by atoms with E-state index in [1.807, 2.05) is 0 Å². The van der Waals surface area contributed by atoms with Crippen LogP contribution in [0.15, 0.2) is 11.6 Å². The van der Waals surface area contributed by atoms with E-state index in [9.17, 15) is 4.79 Å². The van der Waals surface area contributed by atoms with Gasteiger partial charge in [-0.15, -0.1) is 0 Å². The molecule has 4 atom stereocenters. The highest BCUT2D eigenvalue weighted by Gasteiger charge is 2.53. The Hall–Kier alpha value is -0.790. The van der Waals surface area contributed by atoms with Gasteiger partial charge in [0.2, 0.25) is 0 Å². The van der Waals surface area contributed by atoms with Gasteiger partial charge in [0.25, 0.3) is 0 Å². The van der Waals surface area contributed by atoms with Gasteiger partial charge in [-0.3, -0.25) is 4.79 Å². The average molecular weight is 192 g/mol. The Morgan fingerprint density at radius 1 is 1.50 bits per heavy atom. The van der Waals surface area contributed by atoms with Crippen molar-refractivity contribution in [2.24, 2.45) is 17.8 Å². The molecular weight excluding hydrogens is 176 g/mol. The van der Waals surface area contributed by atoms with E-state index in [0.29, 0.717) is 18.3 Å². The van der Waals surface area contributed by atoms with Crippen molar-refractivity contribution in [1.29, 1.82) is 0 Å². The van der Waals surface area contributed by atoms with Crippen molar-refractivity contribution in [1.82, 2.24) is 0 Å². The number of carbonyl (C=O) groups excluding carboxylic acids is 1. The largest absolute Gasteiger partial charge is 0.462 e. The maximum absolute atomic E-state index is 11.2. The zero-order valence-corrected chi connectivity index (χ0v) is 8.53. The highest BCUT2D eigenvalue weighted by molar-refractivity contribution is 5.70. The SMILES string of the molecule is C/C=C1/CC2CC1C1CCC(=O)OC21. The van der Waals surface area contributed by atoms with Gasteiger partial charge in [0, 0.05) is 18.3 Å². The number of esters is 1. The number of fused-ring (bicyclic) bond motifs is 5. The van der Waals surface area contributed by atoms with E-state index in [0.717, 1.165) is 12.3 Å². The van der Waals surface area contributed by atoms with Crippen molar-refractivity contribution in [2.45, 2.75) is 38.7 Å². The molecule has 2 bridgehead atoms. The first-order valence-electron chi connectivity index (χ1n) is 5.64. The van der Waals surface area contributed by atoms with Gasteiger partial charge < -0.3 is 4.74 Å². The summed E-state index contributed by atoms with van der Waals surface area (Å²) in [6, 6.07) is 0. The second kappa shape index (κ2) is 2.85. The summed E-state index contributed by atoms with van der Waals surface area (Å²) in [6.45, 7) is 2.14. The fourth-order valence-electron chi connectivity index (χ4n) is 3.67. The first kappa shape index (κ1) is 8.51. The van der Waals surface area contributed by atoms with Crippen molar-refractivity contribution in [3.8, 4) is 0 Å². The summed E-state index contributed by atoms with van der Waals surface area (Å²) < 4.78 is 5.47. The number of allylic oxidation sites excluding steroid dienone is 2. The van der Waals surface area contributed by atoms with Gasteiger partial charge in [0.05, 0.1) is 0 Å². The summed E-state index contributed by atoms with van der Waals surface area (Å²) in [5, 5.41) is 0. The van der Waals surface area contributed by atoms with Crippen molar-refractivity contribution >= 4 is 5.97 Å². The molecule has 3 fully saturated rings. The Morgan fingerprint density at radius 2 is 2.36 bits per heavy atom. The van der Waals surface area contributed by atoms with Crippen LogP contribution in [0, 0.1) is 17.8 Å². The Labute approximate surface area is 84.3 Å². The van der Waals surface area contributed by atoms with Gasteiger partial charge in [-0.25, -0.2) is 0 Å². The molecule has 2 aliphatic carbocycles. The first-order chi connectivity index (χ1) is 6.79. The highest BCUT2D eigenvalue weighted by Crippen LogP contribution is 2.55. The fourth-order valence-corrected chi connectivity index (χ4v) is 3.67. The molecule has 2 heteroatoms. The molecule has 0 spiro atoms. The molecule has 0 N–H and O–H groups in total. The van der Waals surface area contributed by atoms with Crippen LogP contribution < -0.4 is 0 Å². The number of hydrogen-bond acceptors (Lipinski definition) is 2. The maximum Gasteiger partial charge on any atom is 0.306 e. The molecular formula is C12H16O2. The summed E-state index contributed by atoms with van der Waals surface area (Å²) in [4.78, 5) is 11.2. The maximum atomic E-state index is 11.2. The van der Waals surface area contributed by atoms with Crippen molar-refractivity contribution in [3.63, 3.8) is 0 Å². The van der Waals surface area contributed by atoms with Crippen molar-refractivity contribution in [3.05, 3.63) is 11.6 Å². The van der Waals surface area contributed by atoms with Gasteiger partial charge in [-0.2, -0.15) is 0 Å². The van der Waals surface area contributed by atoms with E-state index >= 15 is 0 Å². The highest BCUT2D eigenvalue weighted by atomic mass is 16.5. The molecule has 3 rings (SSSR count). The Balaban J connectivity index is 1.87. The lowest BCUT2D eigenvalue weighted by atomic mass is 9.79. The molecule has 76 valence electrons. The molecule has 0 radical (unpaired) electrons. The van der Waals surface area contributed by atoms with Crippen LogP contribution in [-0.4, -0.2) is 12.1 Å². The van der Waals surface area contributed by atoms with E-state index in [-0.39, 0.29) is 12.1 Å². The molecule has 1 heterocycles. The lowest BCUT2D eigenvalue weighted by molar-refractivity contribution is -0.160. The number of rotatable bonds is 0. The minimum absolute atomic E-state index is 0.0285. The Bertz CT molecular complexity index is 305. The molecule has 0 amide bonds. The molecule has 4 unspecified atom stereocenters. The van der Waals surface area contributed by atoms with Gasteiger partial charge >= 0.3 is 5.97 Å². The first-order valence-corrected chi connectivity index (χ1v) is 5.64. The summed E-state index contributed by atoms with van der Waals surface area (Å²) in [6.07, 6.45) is 6.68. The van der Waals surface area contributed by atoms with Gasteiger partial charge in [-0.1, -0.05) is 11.6 Å². The van der Waals surface area contributed by atoms with Crippen LogP contribution in [-0.2, 0) is 9.53 Å². The fraction of sp³-hybridized carbons (Fsp3) is 0.750.